The first-order chi connectivity index (χ1) is 14.1. The van der Waals surface area contributed by atoms with Gasteiger partial charge in [-0.3, -0.25) is 4.79 Å². The number of carbonyl (C=O) groups excluding carboxylic acids is 1. The lowest BCUT2D eigenvalue weighted by Gasteiger charge is -2.27. The van der Waals surface area contributed by atoms with Gasteiger partial charge in [0.05, 0.1) is 12.1 Å². The molecule has 1 amide bonds. The van der Waals surface area contributed by atoms with E-state index in [4.69, 9.17) is 10.5 Å². The first-order valence-electron chi connectivity index (χ1n) is 9.64. The predicted octanol–water partition coefficient (Wildman–Crippen LogP) is 3.19. The molecule has 8 nitrogen and oxygen atoms in total. The number of carbonyl (C=O) groups is 1. The van der Waals surface area contributed by atoms with E-state index in [0.29, 0.717) is 30.8 Å². The topological polar surface area (TPSA) is 122 Å². The van der Waals surface area contributed by atoms with Gasteiger partial charge in [0.25, 0.3) is 0 Å². The third-order valence-electron chi connectivity index (χ3n) is 4.49. The van der Waals surface area contributed by atoms with E-state index in [1.807, 2.05) is 26.8 Å². The van der Waals surface area contributed by atoms with Crippen LogP contribution in [-0.4, -0.2) is 38.2 Å². The number of nitrogens with two attached hydrogens (primary N) is 1. The number of aromatic hydroxyl groups is 1. The Bertz CT molecular complexity index is 1100. The molecule has 2 heterocycles. The Kier molecular flexibility index (Phi) is 5.96. The molecule has 0 unspecified atom stereocenters. The lowest BCUT2D eigenvalue weighted by atomic mass is 10.0. The summed E-state index contributed by atoms with van der Waals surface area (Å²) in [6, 6.07) is 9.91. The van der Waals surface area contributed by atoms with Crippen LogP contribution < -0.4 is 11.3 Å². The summed E-state index contributed by atoms with van der Waals surface area (Å²) >= 11 is 0. The van der Waals surface area contributed by atoms with Gasteiger partial charge < -0.3 is 25.5 Å². The Morgan fingerprint density at radius 3 is 2.63 bits per heavy atom. The van der Waals surface area contributed by atoms with E-state index in [0.717, 1.165) is 16.5 Å². The Morgan fingerprint density at radius 1 is 1.20 bits per heavy atom. The number of nitrogens with zero attached hydrogens (tertiary/aromatic N) is 2. The zero-order valence-corrected chi connectivity index (χ0v) is 17.3. The molecule has 8 heteroatoms. The van der Waals surface area contributed by atoms with E-state index < -0.39 is 11.7 Å². The molecule has 4 N–H and O–H groups in total. The van der Waals surface area contributed by atoms with Crippen LogP contribution >= 0.6 is 0 Å². The molecule has 1 aromatic carbocycles. The molecule has 0 aliphatic rings. The summed E-state index contributed by atoms with van der Waals surface area (Å²) in [4.78, 5) is 32.7. The van der Waals surface area contributed by atoms with Crippen molar-refractivity contribution in [1.82, 2.24) is 14.9 Å². The zero-order chi connectivity index (χ0) is 21.9. The average molecular weight is 410 g/mol. The number of nitrogens with one attached hydrogen (secondary N) is 1. The molecule has 3 aromatic rings. The van der Waals surface area contributed by atoms with Gasteiger partial charge in [0.2, 0.25) is 5.56 Å². The van der Waals surface area contributed by atoms with Gasteiger partial charge in [-0.1, -0.05) is 12.1 Å². The van der Waals surface area contributed by atoms with Crippen molar-refractivity contribution in [3.05, 3.63) is 64.1 Å². The number of hydrogen-bond donors (Lipinski definition) is 3. The summed E-state index contributed by atoms with van der Waals surface area (Å²) in [5.74, 6) is 0.413. The average Bonchev–Trinajstić information content (AvgIpc) is 2.67. The summed E-state index contributed by atoms with van der Waals surface area (Å²) in [6.45, 7) is 6.14. The third kappa shape index (κ3) is 5.28. The molecule has 0 atom stereocenters. The number of hydrogen-bond acceptors (Lipinski definition) is 6. The molecule has 0 fully saturated rings. The number of anilines is 1. The number of pyridine rings is 2. The SMILES string of the molecule is CC(C)(C)OC(=O)N(CCc1ccc(O)c2[nH]c(=O)ccc12)Cc1ccc(N)nc1. The Hall–Kier alpha value is -3.55. The molecule has 158 valence electrons. The van der Waals surface area contributed by atoms with E-state index >= 15 is 0 Å². The maximum atomic E-state index is 12.8. The van der Waals surface area contributed by atoms with Crippen LogP contribution in [0.1, 0.15) is 31.9 Å². The Morgan fingerprint density at radius 2 is 1.97 bits per heavy atom. The lowest BCUT2D eigenvalue weighted by molar-refractivity contribution is 0.0236. The molecule has 3 rings (SSSR count). The molecule has 0 bridgehead atoms. The van der Waals surface area contributed by atoms with Crippen LogP contribution in [0.5, 0.6) is 5.75 Å². The highest BCUT2D eigenvalue weighted by Gasteiger charge is 2.22. The van der Waals surface area contributed by atoms with Crippen LogP contribution in [0.4, 0.5) is 10.6 Å². The second-order valence-electron chi connectivity index (χ2n) is 8.10. The maximum Gasteiger partial charge on any atom is 0.410 e. The van der Waals surface area contributed by atoms with Gasteiger partial charge in [0.15, 0.2) is 0 Å². The standard InChI is InChI=1S/C22H26N4O4/c1-22(2,3)30-21(29)26(13-14-4-8-18(23)24-12-14)11-10-15-5-7-17(27)20-16(15)6-9-19(28)25-20/h4-9,12,27H,10-11,13H2,1-3H3,(H2,23,24)(H,25,28). The highest BCUT2D eigenvalue weighted by atomic mass is 16.6. The summed E-state index contributed by atoms with van der Waals surface area (Å²) in [5.41, 5.74) is 6.83. The van der Waals surface area contributed by atoms with Gasteiger partial charge >= 0.3 is 6.09 Å². The minimum absolute atomic E-state index is 0.00315. The number of phenols is 1. The van der Waals surface area contributed by atoms with Crippen LogP contribution in [-0.2, 0) is 17.7 Å². The van der Waals surface area contributed by atoms with Crippen molar-refractivity contribution in [2.75, 3.05) is 12.3 Å². The van der Waals surface area contributed by atoms with Gasteiger partial charge in [-0.25, -0.2) is 9.78 Å². The Labute approximate surface area is 174 Å². The molecular weight excluding hydrogens is 384 g/mol. The van der Waals surface area contributed by atoms with Crippen molar-refractivity contribution in [3.8, 4) is 5.75 Å². The number of H-pyrrole nitrogens is 1. The first kappa shape index (κ1) is 21.2. The molecule has 2 aromatic heterocycles. The fourth-order valence-corrected chi connectivity index (χ4v) is 3.08. The molecule has 30 heavy (non-hydrogen) atoms. The number of fused-ring (bicyclic) bond motifs is 1. The van der Waals surface area contributed by atoms with Crippen LogP contribution in [0.15, 0.2) is 47.4 Å². The number of rotatable bonds is 5. The van der Waals surface area contributed by atoms with Crippen molar-refractivity contribution >= 4 is 22.8 Å². The van der Waals surface area contributed by atoms with E-state index in [2.05, 4.69) is 9.97 Å². The molecular formula is C22H26N4O4. The number of ether oxygens (including phenoxy) is 1. The fraction of sp³-hybridized carbons (Fsp3) is 0.318. The van der Waals surface area contributed by atoms with Crippen LogP contribution in [0.3, 0.4) is 0 Å². The Balaban J connectivity index is 1.85. The molecule has 0 aliphatic carbocycles. The van der Waals surface area contributed by atoms with Gasteiger partial charge in [0, 0.05) is 24.2 Å². The molecule has 0 aliphatic heterocycles. The minimum atomic E-state index is -0.626. The van der Waals surface area contributed by atoms with E-state index in [-0.39, 0.29) is 11.3 Å². The monoisotopic (exact) mass is 410 g/mol. The van der Waals surface area contributed by atoms with Crippen molar-refractivity contribution in [2.45, 2.75) is 39.3 Å². The number of aromatic nitrogens is 2. The molecule has 0 saturated carbocycles. The van der Waals surface area contributed by atoms with E-state index in [1.54, 1.807) is 29.3 Å². The summed E-state index contributed by atoms with van der Waals surface area (Å²) in [7, 11) is 0. The number of phenolic OH excluding ortho intramolecular Hbond substituents is 1. The maximum absolute atomic E-state index is 12.8. The molecule has 0 radical (unpaired) electrons. The van der Waals surface area contributed by atoms with Crippen LogP contribution in [0.25, 0.3) is 10.9 Å². The second kappa shape index (κ2) is 8.44. The minimum Gasteiger partial charge on any atom is -0.506 e. The van der Waals surface area contributed by atoms with E-state index in [9.17, 15) is 14.7 Å². The van der Waals surface area contributed by atoms with E-state index in [1.165, 1.54) is 12.1 Å². The van der Waals surface area contributed by atoms with Crippen molar-refractivity contribution < 1.29 is 14.6 Å². The van der Waals surface area contributed by atoms with Crippen molar-refractivity contribution in [3.63, 3.8) is 0 Å². The molecule has 0 saturated heterocycles. The quantitative estimate of drug-likeness (QED) is 0.594. The summed E-state index contributed by atoms with van der Waals surface area (Å²) in [5, 5.41) is 10.8. The largest absolute Gasteiger partial charge is 0.506 e. The number of benzene rings is 1. The van der Waals surface area contributed by atoms with Gasteiger partial charge in [0.1, 0.15) is 17.2 Å². The molecule has 0 spiro atoms. The van der Waals surface area contributed by atoms with Crippen molar-refractivity contribution in [2.24, 2.45) is 0 Å². The van der Waals surface area contributed by atoms with Gasteiger partial charge in [-0.15, -0.1) is 0 Å². The fourth-order valence-electron chi connectivity index (χ4n) is 3.08. The van der Waals surface area contributed by atoms with Crippen LogP contribution in [0.2, 0.25) is 0 Å². The summed E-state index contributed by atoms with van der Waals surface area (Å²) in [6.07, 6.45) is 1.70. The van der Waals surface area contributed by atoms with Crippen molar-refractivity contribution in [1.29, 1.82) is 0 Å². The highest BCUT2D eigenvalue weighted by molar-refractivity contribution is 5.87. The number of aromatic amines is 1. The normalized spacial score (nSPS) is 11.4. The van der Waals surface area contributed by atoms with Crippen LogP contribution in [0, 0.1) is 0 Å². The second-order valence-corrected chi connectivity index (χ2v) is 8.10. The number of nitrogen functional groups attached to an aromatic ring is 1. The van der Waals surface area contributed by atoms with Gasteiger partial charge in [-0.05, 0) is 56.5 Å². The first-order valence-corrected chi connectivity index (χ1v) is 9.64. The predicted molar refractivity (Wildman–Crippen MR) is 115 cm³/mol. The number of amides is 1. The summed E-state index contributed by atoms with van der Waals surface area (Å²) < 4.78 is 5.56. The van der Waals surface area contributed by atoms with Gasteiger partial charge in [-0.2, -0.15) is 0 Å². The lowest BCUT2D eigenvalue weighted by Crippen LogP contribution is -2.37. The zero-order valence-electron chi connectivity index (χ0n) is 17.3. The smallest absolute Gasteiger partial charge is 0.410 e. The third-order valence-corrected chi connectivity index (χ3v) is 4.49. The highest BCUT2D eigenvalue weighted by Crippen LogP contribution is 2.25.